The summed E-state index contributed by atoms with van der Waals surface area (Å²) in [6.07, 6.45) is 2.38. The summed E-state index contributed by atoms with van der Waals surface area (Å²) in [5.74, 6) is -0.350. The zero-order chi connectivity index (χ0) is 12.1. The molecule has 0 saturated carbocycles. The van der Waals surface area contributed by atoms with E-state index in [1.54, 1.807) is 0 Å². The average Bonchev–Trinajstić information content (AvgIpc) is 2.83. The van der Waals surface area contributed by atoms with Crippen LogP contribution in [-0.2, 0) is 4.74 Å². The zero-order valence-electron chi connectivity index (χ0n) is 9.62. The van der Waals surface area contributed by atoms with Crippen LogP contribution in [-0.4, -0.2) is 31.6 Å². The van der Waals surface area contributed by atoms with Crippen LogP contribution in [0.2, 0.25) is 0 Å². The lowest BCUT2D eigenvalue weighted by atomic mass is 10.1. The van der Waals surface area contributed by atoms with E-state index in [9.17, 15) is 9.18 Å². The van der Waals surface area contributed by atoms with Gasteiger partial charge in [-0.1, -0.05) is 0 Å². The first-order valence-corrected chi connectivity index (χ1v) is 5.87. The number of benzene rings is 1. The molecule has 3 nitrogen and oxygen atoms in total. The fourth-order valence-corrected chi connectivity index (χ4v) is 1.89. The van der Waals surface area contributed by atoms with Crippen molar-refractivity contribution in [1.29, 1.82) is 0 Å². The minimum Gasteiger partial charge on any atom is -0.377 e. The molecule has 1 heterocycles. The van der Waals surface area contributed by atoms with Gasteiger partial charge in [0.15, 0.2) is 5.78 Å². The smallest absolute Gasteiger partial charge is 0.176 e. The molecule has 0 aliphatic carbocycles. The van der Waals surface area contributed by atoms with Gasteiger partial charge in [0.2, 0.25) is 0 Å². The Morgan fingerprint density at radius 1 is 1.41 bits per heavy atom. The molecule has 4 heteroatoms. The van der Waals surface area contributed by atoms with Crippen molar-refractivity contribution in [3.8, 4) is 0 Å². The van der Waals surface area contributed by atoms with Crippen LogP contribution < -0.4 is 5.32 Å². The van der Waals surface area contributed by atoms with Crippen molar-refractivity contribution in [3.63, 3.8) is 0 Å². The highest BCUT2D eigenvalue weighted by Crippen LogP contribution is 2.10. The van der Waals surface area contributed by atoms with Crippen molar-refractivity contribution in [2.24, 2.45) is 0 Å². The van der Waals surface area contributed by atoms with Gasteiger partial charge in [0.1, 0.15) is 5.82 Å². The van der Waals surface area contributed by atoms with Crippen LogP contribution in [0.15, 0.2) is 24.3 Å². The van der Waals surface area contributed by atoms with Crippen LogP contribution >= 0.6 is 0 Å². The Hall–Kier alpha value is -1.26. The number of rotatable bonds is 5. The molecule has 1 fully saturated rings. The topological polar surface area (TPSA) is 38.3 Å². The molecule has 1 unspecified atom stereocenters. The van der Waals surface area contributed by atoms with Crippen molar-refractivity contribution in [2.45, 2.75) is 18.9 Å². The number of hydrogen-bond donors (Lipinski definition) is 1. The fraction of sp³-hybridized carbons (Fsp3) is 0.462. The third kappa shape index (κ3) is 3.61. The molecule has 0 amide bonds. The number of ketones is 1. The molecule has 2 rings (SSSR count). The first-order valence-electron chi connectivity index (χ1n) is 5.87. The van der Waals surface area contributed by atoms with E-state index < -0.39 is 0 Å². The van der Waals surface area contributed by atoms with E-state index in [1.807, 2.05) is 0 Å². The monoisotopic (exact) mass is 237 g/mol. The van der Waals surface area contributed by atoms with Gasteiger partial charge in [-0.3, -0.25) is 4.79 Å². The first kappa shape index (κ1) is 12.2. The second-order valence-corrected chi connectivity index (χ2v) is 4.20. The molecule has 17 heavy (non-hydrogen) atoms. The lowest BCUT2D eigenvalue weighted by Gasteiger charge is -2.10. The number of carbonyl (C=O) groups excluding carboxylic acids is 1. The molecule has 1 aromatic carbocycles. The van der Waals surface area contributed by atoms with E-state index in [1.165, 1.54) is 24.3 Å². The Morgan fingerprint density at radius 2 is 2.18 bits per heavy atom. The highest BCUT2D eigenvalue weighted by Gasteiger charge is 2.15. The predicted octanol–water partition coefficient (Wildman–Crippen LogP) is 1.78. The van der Waals surface area contributed by atoms with Crippen LogP contribution in [0.1, 0.15) is 23.2 Å². The molecule has 1 aliphatic heterocycles. The van der Waals surface area contributed by atoms with Gasteiger partial charge in [-0.25, -0.2) is 4.39 Å². The number of halogens is 1. The van der Waals surface area contributed by atoms with Crippen molar-refractivity contribution in [3.05, 3.63) is 35.6 Å². The number of ether oxygens (including phenoxy) is 1. The van der Waals surface area contributed by atoms with Crippen molar-refractivity contribution < 1.29 is 13.9 Å². The maximum atomic E-state index is 12.7. The molecular formula is C13H16FNO2. The first-order chi connectivity index (χ1) is 8.25. The van der Waals surface area contributed by atoms with Gasteiger partial charge in [-0.05, 0) is 37.1 Å². The van der Waals surface area contributed by atoms with E-state index in [-0.39, 0.29) is 24.2 Å². The van der Waals surface area contributed by atoms with Crippen molar-refractivity contribution in [2.75, 3.05) is 19.7 Å². The molecule has 1 aromatic rings. The van der Waals surface area contributed by atoms with E-state index in [4.69, 9.17) is 4.74 Å². The Kier molecular flexibility index (Phi) is 4.23. The van der Waals surface area contributed by atoms with Crippen LogP contribution in [0.3, 0.4) is 0 Å². The van der Waals surface area contributed by atoms with Crippen molar-refractivity contribution in [1.82, 2.24) is 5.32 Å². The maximum absolute atomic E-state index is 12.7. The SMILES string of the molecule is O=C(CNCC1CCCO1)c1ccc(F)cc1. The molecular weight excluding hydrogens is 221 g/mol. The summed E-state index contributed by atoms with van der Waals surface area (Å²) in [5, 5.41) is 3.07. The Bertz CT molecular complexity index is 372. The summed E-state index contributed by atoms with van der Waals surface area (Å²) in [5.41, 5.74) is 0.534. The number of nitrogens with one attached hydrogen (secondary N) is 1. The van der Waals surface area contributed by atoms with Crippen molar-refractivity contribution >= 4 is 5.78 Å². The van der Waals surface area contributed by atoms with E-state index in [0.717, 1.165) is 19.4 Å². The summed E-state index contributed by atoms with van der Waals surface area (Å²) in [6.45, 7) is 1.79. The summed E-state index contributed by atoms with van der Waals surface area (Å²) >= 11 is 0. The summed E-state index contributed by atoms with van der Waals surface area (Å²) in [7, 11) is 0. The van der Waals surface area contributed by atoms with Gasteiger partial charge >= 0.3 is 0 Å². The summed E-state index contributed by atoms with van der Waals surface area (Å²) in [6, 6.07) is 5.61. The summed E-state index contributed by atoms with van der Waals surface area (Å²) < 4.78 is 18.1. The molecule has 0 aromatic heterocycles. The fourth-order valence-electron chi connectivity index (χ4n) is 1.89. The molecule has 1 N–H and O–H groups in total. The van der Waals surface area contributed by atoms with Gasteiger partial charge in [0.05, 0.1) is 12.6 Å². The number of Topliss-reactive ketones (excluding diaryl/α,β-unsaturated/α-hetero) is 1. The van der Waals surface area contributed by atoms with Gasteiger partial charge in [-0.2, -0.15) is 0 Å². The van der Waals surface area contributed by atoms with Crippen LogP contribution in [0, 0.1) is 5.82 Å². The summed E-state index contributed by atoms with van der Waals surface area (Å²) in [4.78, 5) is 11.7. The van der Waals surface area contributed by atoms with Crippen LogP contribution in [0.25, 0.3) is 0 Å². The largest absolute Gasteiger partial charge is 0.377 e. The van der Waals surface area contributed by atoms with Gasteiger partial charge in [0.25, 0.3) is 0 Å². The molecule has 0 bridgehead atoms. The third-order valence-electron chi connectivity index (χ3n) is 2.85. The molecule has 0 spiro atoms. The van der Waals surface area contributed by atoms with Crippen LogP contribution in [0.4, 0.5) is 4.39 Å². The molecule has 1 atom stereocenters. The normalized spacial score (nSPS) is 19.5. The highest BCUT2D eigenvalue weighted by atomic mass is 19.1. The third-order valence-corrected chi connectivity index (χ3v) is 2.85. The lowest BCUT2D eigenvalue weighted by Crippen LogP contribution is -2.30. The Morgan fingerprint density at radius 3 is 2.82 bits per heavy atom. The van der Waals surface area contributed by atoms with Gasteiger partial charge in [-0.15, -0.1) is 0 Å². The zero-order valence-corrected chi connectivity index (χ0v) is 9.62. The maximum Gasteiger partial charge on any atom is 0.176 e. The lowest BCUT2D eigenvalue weighted by molar-refractivity contribution is 0.0955. The van der Waals surface area contributed by atoms with E-state index >= 15 is 0 Å². The minimum absolute atomic E-state index is 0.0250. The van der Waals surface area contributed by atoms with Gasteiger partial charge < -0.3 is 10.1 Å². The second kappa shape index (κ2) is 5.89. The molecule has 0 radical (unpaired) electrons. The van der Waals surface area contributed by atoms with Crippen LogP contribution in [0.5, 0.6) is 0 Å². The van der Waals surface area contributed by atoms with E-state index in [0.29, 0.717) is 12.1 Å². The number of carbonyl (C=O) groups is 1. The second-order valence-electron chi connectivity index (χ2n) is 4.20. The molecule has 1 saturated heterocycles. The number of hydrogen-bond acceptors (Lipinski definition) is 3. The molecule has 1 aliphatic rings. The van der Waals surface area contributed by atoms with Gasteiger partial charge in [0, 0.05) is 18.7 Å². The van der Waals surface area contributed by atoms with E-state index in [2.05, 4.69) is 5.32 Å². The minimum atomic E-state index is -0.325. The Labute approximate surface area is 100.0 Å². The standard InChI is InChI=1S/C13H16FNO2/c14-11-5-3-10(4-6-11)13(16)9-15-8-12-2-1-7-17-12/h3-6,12,15H,1-2,7-9H2. The quantitative estimate of drug-likeness (QED) is 0.793. The Balaban J connectivity index is 1.75. The predicted molar refractivity (Wildman–Crippen MR) is 62.6 cm³/mol. The molecule has 92 valence electrons. The highest BCUT2D eigenvalue weighted by molar-refractivity contribution is 5.97. The average molecular weight is 237 g/mol.